The van der Waals surface area contributed by atoms with Gasteiger partial charge >= 0.3 is 0 Å². The third kappa shape index (κ3) is 1.92. The van der Waals surface area contributed by atoms with Crippen LogP contribution in [-0.4, -0.2) is 11.9 Å². The van der Waals surface area contributed by atoms with Crippen LogP contribution in [0, 0.1) is 0 Å². The molecular formula is C20H16O2. The van der Waals surface area contributed by atoms with Crippen LogP contribution in [-0.2, 0) is 0 Å². The molecule has 1 heterocycles. The molecule has 2 heteroatoms. The van der Waals surface area contributed by atoms with Gasteiger partial charge in [-0.3, -0.25) is 4.79 Å². The Labute approximate surface area is 129 Å². The third-order valence-corrected chi connectivity index (χ3v) is 4.41. The van der Waals surface area contributed by atoms with Gasteiger partial charge in [0.25, 0.3) is 0 Å². The van der Waals surface area contributed by atoms with E-state index in [1.165, 1.54) is 10.8 Å². The lowest BCUT2D eigenvalue weighted by Gasteiger charge is -2.14. The molecule has 0 unspecified atom stereocenters. The zero-order valence-electron chi connectivity index (χ0n) is 12.3. The standard InChI is InChI=1S/C20H16O2/c1-13-18-16-10-6-5-7-14(16)11-12-17(18)22-20(13)19(21)15-8-3-2-4-9-15/h2-13,20H,1H3/t13-,20-/m0/s1. The molecule has 2 nitrogen and oxygen atoms in total. The maximum Gasteiger partial charge on any atom is 0.203 e. The highest BCUT2D eigenvalue weighted by molar-refractivity contribution is 6.02. The molecule has 1 aliphatic heterocycles. The molecule has 3 aromatic rings. The summed E-state index contributed by atoms with van der Waals surface area (Å²) in [5.74, 6) is 0.933. The Morgan fingerprint density at radius 1 is 0.909 bits per heavy atom. The van der Waals surface area contributed by atoms with Crippen molar-refractivity contribution in [2.75, 3.05) is 0 Å². The first kappa shape index (κ1) is 13.1. The second kappa shape index (κ2) is 4.99. The number of carbonyl (C=O) groups is 1. The van der Waals surface area contributed by atoms with E-state index in [1.807, 2.05) is 48.5 Å². The van der Waals surface area contributed by atoms with Crippen molar-refractivity contribution in [2.24, 2.45) is 0 Å². The summed E-state index contributed by atoms with van der Waals surface area (Å²) in [6.07, 6.45) is -0.441. The van der Waals surface area contributed by atoms with E-state index >= 15 is 0 Å². The van der Waals surface area contributed by atoms with Gasteiger partial charge in [-0.25, -0.2) is 0 Å². The normalized spacial score (nSPS) is 19.7. The molecule has 0 saturated heterocycles. The van der Waals surface area contributed by atoms with Crippen LogP contribution >= 0.6 is 0 Å². The lowest BCUT2D eigenvalue weighted by Crippen LogP contribution is -2.27. The van der Waals surface area contributed by atoms with Crippen molar-refractivity contribution < 1.29 is 9.53 Å². The van der Waals surface area contributed by atoms with Crippen molar-refractivity contribution in [1.82, 2.24) is 0 Å². The summed E-state index contributed by atoms with van der Waals surface area (Å²) in [7, 11) is 0. The SMILES string of the molecule is C[C@H]1c2c(ccc3ccccc23)O[C@@H]1C(=O)c1ccccc1. The quantitative estimate of drug-likeness (QED) is 0.645. The fourth-order valence-electron chi connectivity index (χ4n) is 3.29. The van der Waals surface area contributed by atoms with Crippen LogP contribution in [0.4, 0.5) is 0 Å². The van der Waals surface area contributed by atoms with Gasteiger partial charge in [-0.15, -0.1) is 0 Å². The van der Waals surface area contributed by atoms with Crippen molar-refractivity contribution in [3.63, 3.8) is 0 Å². The first-order valence-electron chi connectivity index (χ1n) is 7.53. The highest BCUT2D eigenvalue weighted by Gasteiger charge is 2.37. The number of rotatable bonds is 2. The molecule has 0 radical (unpaired) electrons. The summed E-state index contributed by atoms with van der Waals surface area (Å²) in [5, 5.41) is 2.36. The van der Waals surface area contributed by atoms with Gasteiger partial charge in [0.2, 0.25) is 5.78 Å². The van der Waals surface area contributed by atoms with Crippen LogP contribution in [0.3, 0.4) is 0 Å². The molecule has 0 aromatic heterocycles. The molecule has 108 valence electrons. The molecule has 22 heavy (non-hydrogen) atoms. The lowest BCUT2D eigenvalue weighted by molar-refractivity contribution is 0.0799. The first-order chi connectivity index (χ1) is 10.8. The highest BCUT2D eigenvalue weighted by Crippen LogP contribution is 2.43. The zero-order chi connectivity index (χ0) is 15.1. The van der Waals surface area contributed by atoms with Crippen molar-refractivity contribution in [3.05, 3.63) is 77.9 Å². The van der Waals surface area contributed by atoms with Crippen molar-refractivity contribution >= 4 is 16.6 Å². The van der Waals surface area contributed by atoms with Gasteiger partial charge in [0.05, 0.1) is 0 Å². The minimum absolute atomic E-state index is 0.0494. The second-order valence-corrected chi connectivity index (χ2v) is 5.76. The molecule has 0 amide bonds. The Morgan fingerprint density at radius 3 is 2.45 bits per heavy atom. The molecule has 3 aromatic carbocycles. The Hall–Kier alpha value is -2.61. The molecule has 0 saturated carbocycles. The topological polar surface area (TPSA) is 26.3 Å². The van der Waals surface area contributed by atoms with Gasteiger partial charge in [0.1, 0.15) is 5.75 Å². The van der Waals surface area contributed by atoms with Gasteiger partial charge in [-0.2, -0.15) is 0 Å². The maximum absolute atomic E-state index is 12.7. The van der Waals surface area contributed by atoms with Crippen molar-refractivity contribution in [3.8, 4) is 5.75 Å². The number of hydrogen-bond donors (Lipinski definition) is 0. The number of fused-ring (bicyclic) bond motifs is 3. The summed E-state index contributed by atoms with van der Waals surface area (Å²) in [6.45, 7) is 2.07. The summed E-state index contributed by atoms with van der Waals surface area (Å²) < 4.78 is 5.99. The number of benzene rings is 3. The number of carbonyl (C=O) groups excluding carboxylic acids is 1. The maximum atomic E-state index is 12.7. The summed E-state index contributed by atoms with van der Waals surface area (Å²) >= 11 is 0. The average Bonchev–Trinajstić information content (AvgIpc) is 2.92. The molecule has 2 atom stereocenters. The van der Waals surface area contributed by atoms with Crippen LogP contribution in [0.2, 0.25) is 0 Å². The summed E-state index contributed by atoms with van der Waals surface area (Å²) in [4.78, 5) is 12.7. The Morgan fingerprint density at radius 2 is 1.64 bits per heavy atom. The van der Waals surface area contributed by atoms with E-state index in [2.05, 4.69) is 25.1 Å². The summed E-state index contributed by atoms with van der Waals surface area (Å²) in [5.41, 5.74) is 1.85. The van der Waals surface area contributed by atoms with Gasteiger partial charge in [0, 0.05) is 17.0 Å². The number of ether oxygens (including phenoxy) is 1. The van der Waals surface area contributed by atoms with Crippen LogP contribution < -0.4 is 4.74 Å². The molecule has 0 N–H and O–H groups in total. The van der Waals surface area contributed by atoms with Crippen LogP contribution in [0.25, 0.3) is 10.8 Å². The molecule has 0 spiro atoms. The monoisotopic (exact) mass is 288 g/mol. The molecule has 0 bridgehead atoms. The molecule has 1 aliphatic rings. The van der Waals surface area contributed by atoms with E-state index in [9.17, 15) is 4.79 Å². The predicted molar refractivity (Wildman–Crippen MR) is 87.6 cm³/mol. The second-order valence-electron chi connectivity index (χ2n) is 5.76. The smallest absolute Gasteiger partial charge is 0.203 e. The van der Waals surface area contributed by atoms with Gasteiger partial charge in [-0.05, 0) is 16.8 Å². The Kier molecular flexibility index (Phi) is 2.97. The van der Waals surface area contributed by atoms with E-state index in [0.717, 1.165) is 11.3 Å². The van der Waals surface area contributed by atoms with Gasteiger partial charge < -0.3 is 4.74 Å². The van der Waals surface area contributed by atoms with E-state index in [0.29, 0.717) is 5.56 Å². The average molecular weight is 288 g/mol. The first-order valence-corrected chi connectivity index (χ1v) is 7.53. The minimum Gasteiger partial charge on any atom is -0.481 e. The third-order valence-electron chi connectivity index (χ3n) is 4.41. The predicted octanol–water partition coefficient (Wildman–Crippen LogP) is 4.59. The van der Waals surface area contributed by atoms with Gasteiger partial charge in [-0.1, -0.05) is 67.6 Å². The van der Waals surface area contributed by atoms with E-state index in [1.54, 1.807) is 0 Å². The van der Waals surface area contributed by atoms with Crippen molar-refractivity contribution in [1.29, 1.82) is 0 Å². The van der Waals surface area contributed by atoms with Gasteiger partial charge in [0.15, 0.2) is 6.10 Å². The van der Waals surface area contributed by atoms with Crippen LogP contribution in [0.15, 0.2) is 66.7 Å². The fourth-order valence-corrected chi connectivity index (χ4v) is 3.29. The fraction of sp³-hybridized carbons (Fsp3) is 0.150. The van der Waals surface area contributed by atoms with E-state index < -0.39 is 6.10 Å². The number of Topliss-reactive ketones (excluding diaryl/α,β-unsaturated/α-hetero) is 1. The minimum atomic E-state index is -0.441. The van der Waals surface area contributed by atoms with Crippen LogP contribution in [0.5, 0.6) is 5.75 Å². The highest BCUT2D eigenvalue weighted by atomic mass is 16.5. The van der Waals surface area contributed by atoms with Crippen molar-refractivity contribution in [2.45, 2.75) is 18.9 Å². The lowest BCUT2D eigenvalue weighted by atomic mass is 9.89. The molecule has 4 rings (SSSR count). The Balaban J connectivity index is 1.78. The molecular weight excluding hydrogens is 272 g/mol. The summed E-state index contributed by atoms with van der Waals surface area (Å²) in [6, 6.07) is 21.7. The molecule has 0 aliphatic carbocycles. The number of ketones is 1. The van der Waals surface area contributed by atoms with E-state index in [-0.39, 0.29) is 11.7 Å². The zero-order valence-corrected chi connectivity index (χ0v) is 12.3. The Bertz CT molecular complexity index is 852. The largest absolute Gasteiger partial charge is 0.481 e. The van der Waals surface area contributed by atoms with Crippen LogP contribution in [0.1, 0.15) is 28.8 Å². The molecule has 0 fully saturated rings. The van der Waals surface area contributed by atoms with E-state index in [4.69, 9.17) is 4.74 Å². The number of hydrogen-bond acceptors (Lipinski definition) is 2.